The molecule has 114 valence electrons. The fourth-order valence-corrected chi connectivity index (χ4v) is 3.23. The third-order valence-corrected chi connectivity index (χ3v) is 4.52. The van der Waals surface area contributed by atoms with Gasteiger partial charge in [0, 0.05) is 19.0 Å². The van der Waals surface area contributed by atoms with Gasteiger partial charge in [0.15, 0.2) is 0 Å². The van der Waals surface area contributed by atoms with Crippen molar-refractivity contribution in [3.05, 3.63) is 21.4 Å². The summed E-state index contributed by atoms with van der Waals surface area (Å²) >= 11 is 1.47. The topological polar surface area (TPSA) is 40.5 Å². The second-order valence-corrected chi connectivity index (χ2v) is 7.03. The SMILES string of the molecule is Cc1cc(C(=O)N(CC(C)C)C2CC2)sc1C#CCCO. The van der Waals surface area contributed by atoms with Crippen LogP contribution in [0.2, 0.25) is 0 Å². The second kappa shape index (κ2) is 7.11. The number of aliphatic hydroxyl groups excluding tert-OH is 1. The Morgan fingerprint density at radius 1 is 1.52 bits per heavy atom. The van der Waals surface area contributed by atoms with Crippen molar-refractivity contribution in [2.24, 2.45) is 5.92 Å². The quantitative estimate of drug-likeness (QED) is 0.849. The first kappa shape index (κ1) is 16.1. The van der Waals surface area contributed by atoms with E-state index in [0.29, 0.717) is 18.4 Å². The molecule has 1 amide bonds. The van der Waals surface area contributed by atoms with Crippen molar-refractivity contribution in [2.45, 2.75) is 46.1 Å². The minimum Gasteiger partial charge on any atom is -0.395 e. The summed E-state index contributed by atoms with van der Waals surface area (Å²) in [5, 5.41) is 8.77. The number of aliphatic hydroxyl groups is 1. The summed E-state index contributed by atoms with van der Waals surface area (Å²) in [6.45, 7) is 7.18. The molecule has 1 heterocycles. The molecule has 2 rings (SSSR count). The van der Waals surface area contributed by atoms with Crippen molar-refractivity contribution in [1.82, 2.24) is 4.90 Å². The molecule has 1 N–H and O–H groups in total. The summed E-state index contributed by atoms with van der Waals surface area (Å²) < 4.78 is 0. The summed E-state index contributed by atoms with van der Waals surface area (Å²) in [6, 6.07) is 2.39. The number of thiophene rings is 1. The fourth-order valence-electron chi connectivity index (χ4n) is 2.23. The largest absolute Gasteiger partial charge is 0.395 e. The number of carbonyl (C=O) groups is 1. The normalized spacial score (nSPS) is 14.0. The lowest BCUT2D eigenvalue weighted by Gasteiger charge is -2.23. The highest BCUT2D eigenvalue weighted by Crippen LogP contribution is 2.31. The highest BCUT2D eigenvalue weighted by molar-refractivity contribution is 7.14. The first-order chi connectivity index (χ1) is 10.0. The highest BCUT2D eigenvalue weighted by Gasteiger charge is 2.34. The monoisotopic (exact) mass is 305 g/mol. The number of hydrogen-bond acceptors (Lipinski definition) is 3. The maximum atomic E-state index is 12.7. The van der Waals surface area contributed by atoms with Gasteiger partial charge < -0.3 is 10.0 Å². The Morgan fingerprint density at radius 2 is 2.24 bits per heavy atom. The van der Waals surface area contributed by atoms with E-state index >= 15 is 0 Å². The van der Waals surface area contributed by atoms with Crippen LogP contribution in [0.15, 0.2) is 6.07 Å². The third kappa shape index (κ3) is 4.33. The third-order valence-electron chi connectivity index (χ3n) is 3.38. The molecule has 1 fully saturated rings. The molecule has 0 radical (unpaired) electrons. The van der Waals surface area contributed by atoms with Crippen LogP contribution in [0.25, 0.3) is 0 Å². The van der Waals surface area contributed by atoms with Crippen LogP contribution in [0.4, 0.5) is 0 Å². The zero-order chi connectivity index (χ0) is 15.4. The molecule has 1 aliphatic rings. The van der Waals surface area contributed by atoms with E-state index in [1.807, 2.05) is 17.9 Å². The molecule has 0 aromatic carbocycles. The van der Waals surface area contributed by atoms with E-state index in [-0.39, 0.29) is 12.5 Å². The second-order valence-electron chi connectivity index (χ2n) is 5.98. The lowest BCUT2D eigenvalue weighted by Crippen LogP contribution is -2.35. The molecule has 3 nitrogen and oxygen atoms in total. The van der Waals surface area contributed by atoms with Crippen LogP contribution in [0.5, 0.6) is 0 Å². The van der Waals surface area contributed by atoms with E-state index in [9.17, 15) is 4.79 Å². The van der Waals surface area contributed by atoms with Gasteiger partial charge in [-0.15, -0.1) is 11.3 Å². The lowest BCUT2D eigenvalue weighted by molar-refractivity contribution is 0.0727. The highest BCUT2D eigenvalue weighted by atomic mass is 32.1. The maximum absolute atomic E-state index is 12.7. The number of hydrogen-bond donors (Lipinski definition) is 1. The number of carbonyl (C=O) groups excluding carboxylic acids is 1. The molecule has 1 saturated carbocycles. The van der Waals surface area contributed by atoms with Crippen LogP contribution in [0.1, 0.15) is 53.2 Å². The molecule has 4 heteroatoms. The molecular formula is C17H23NO2S. The van der Waals surface area contributed by atoms with Crippen molar-refractivity contribution in [1.29, 1.82) is 0 Å². The Labute approximate surface area is 131 Å². The van der Waals surface area contributed by atoms with Gasteiger partial charge in [0.05, 0.1) is 16.4 Å². The van der Waals surface area contributed by atoms with Crippen LogP contribution in [-0.2, 0) is 0 Å². The van der Waals surface area contributed by atoms with E-state index in [0.717, 1.165) is 34.7 Å². The smallest absolute Gasteiger partial charge is 0.264 e. The molecule has 0 aliphatic heterocycles. The summed E-state index contributed by atoms with van der Waals surface area (Å²) in [5.74, 6) is 6.61. The molecule has 0 atom stereocenters. The molecule has 1 aromatic rings. The van der Waals surface area contributed by atoms with Crippen LogP contribution < -0.4 is 0 Å². The Morgan fingerprint density at radius 3 is 2.81 bits per heavy atom. The van der Waals surface area contributed by atoms with Crippen molar-refractivity contribution < 1.29 is 9.90 Å². The van der Waals surface area contributed by atoms with Crippen molar-refractivity contribution in [3.63, 3.8) is 0 Å². The van der Waals surface area contributed by atoms with Crippen molar-refractivity contribution in [3.8, 4) is 11.8 Å². The van der Waals surface area contributed by atoms with E-state index in [1.165, 1.54) is 11.3 Å². The molecule has 0 unspecified atom stereocenters. The fraction of sp³-hybridized carbons (Fsp3) is 0.588. The maximum Gasteiger partial charge on any atom is 0.264 e. The van der Waals surface area contributed by atoms with Gasteiger partial charge in [0.1, 0.15) is 0 Å². The Balaban J connectivity index is 2.15. The molecular weight excluding hydrogens is 282 g/mol. The Hall–Kier alpha value is -1.31. The first-order valence-corrected chi connectivity index (χ1v) is 8.35. The van der Waals surface area contributed by atoms with E-state index in [1.54, 1.807) is 0 Å². The number of amides is 1. The molecule has 21 heavy (non-hydrogen) atoms. The van der Waals surface area contributed by atoms with Gasteiger partial charge in [-0.1, -0.05) is 25.7 Å². The van der Waals surface area contributed by atoms with Gasteiger partial charge in [-0.25, -0.2) is 0 Å². The molecule has 0 bridgehead atoms. The molecule has 0 spiro atoms. The average Bonchev–Trinajstić information content (AvgIpc) is 3.20. The average molecular weight is 305 g/mol. The van der Waals surface area contributed by atoms with Crippen LogP contribution in [0.3, 0.4) is 0 Å². The van der Waals surface area contributed by atoms with Gasteiger partial charge in [-0.05, 0) is 37.3 Å². The number of nitrogens with zero attached hydrogens (tertiary/aromatic N) is 1. The number of aryl methyl sites for hydroxylation is 1. The van der Waals surface area contributed by atoms with Crippen molar-refractivity contribution >= 4 is 17.2 Å². The first-order valence-electron chi connectivity index (χ1n) is 7.54. The molecule has 0 saturated heterocycles. The van der Waals surface area contributed by atoms with Crippen LogP contribution in [-0.4, -0.2) is 35.1 Å². The van der Waals surface area contributed by atoms with Gasteiger partial charge >= 0.3 is 0 Å². The summed E-state index contributed by atoms with van der Waals surface area (Å²) in [7, 11) is 0. The molecule has 1 aliphatic carbocycles. The van der Waals surface area contributed by atoms with E-state index in [4.69, 9.17) is 5.11 Å². The minimum atomic E-state index is 0.0764. The molecule has 1 aromatic heterocycles. The Bertz CT molecular complexity index is 561. The standard InChI is InChI=1S/C17H23NO2S/c1-12(2)11-18(14-7-8-14)17(20)16-10-13(3)15(21-16)6-4-5-9-19/h10,12,14,19H,5,7-9,11H2,1-3H3. The van der Waals surface area contributed by atoms with Gasteiger partial charge in [0.2, 0.25) is 0 Å². The van der Waals surface area contributed by atoms with Crippen LogP contribution >= 0.6 is 11.3 Å². The van der Waals surface area contributed by atoms with Crippen LogP contribution in [0, 0.1) is 24.7 Å². The van der Waals surface area contributed by atoms with Gasteiger partial charge in [-0.3, -0.25) is 4.79 Å². The van der Waals surface area contributed by atoms with Gasteiger partial charge in [0.25, 0.3) is 5.91 Å². The zero-order valence-corrected chi connectivity index (χ0v) is 13.8. The zero-order valence-electron chi connectivity index (χ0n) is 13.0. The lowest BCUT2D eigenvalue weighted by atomic mass is 10.2. The van der Waals surface area contributed by atoms with E-state index < -0.39 is 0 Å². The predicted molar refractivity (Wildman–Crippen MR) is 86.5 cm³/mol. The Kier molecular flexibility index (Phi) is 5.44. The summed E-state index contributed by atoms with van der Waals surface area (Å²) in [4.78, 5) is 16.5. The van der Waals surface area contributed by atoms with Crippen molar-refractivity contribution in [2.75, 3.05) is 13.2 Å². The predicted octanol–water partition coefficient (Wildman–Crippen LogP) is 3.05. The summed E-state index contributed by atoms with van der Waals surface area (Å²) in [6.07, 6.45) is 2.74. The number of rotatable bonds is 5. The summed E-state index contributed by atoms with van der Waals surface area (Å²) in [5.41, 5.74) is 1.05. The minimum absolute atomic E-state index is 0.0764. The van der Waals surface area contributed by atoms with Gasteiger partial charge in [-0.2, -0.15) is 0 Å². The van der Waals surface area contributed by atoms with E-state index in [2.05, 4.69) is 25.7 Å².